The van der Waals surface area contributed by atoms with Gasteiger partial charge in [-0.25, -0.2) is 0 Å². The van der Waals surface area contributed by atoms with Gasteiger partial charge in [0.25, 0.3) is 0 Å². The van der Waals surface area contributed by atoms with Crippen LogP contribution in [0.15, 0.2) is 0 Å². The number of fused-ring (bicyclic) bond motifs is 5. The third-order valence-corrected chi connectivity index (χ3v) is 5.54. The van der Waals surface area contributed by atoms with E-state index in [-0.39, 0.29) is 41.7 Å². The van der Waals surface area contributed by atoms with Crippen molar-refractivity contribution in [2.75, 3.05) is 14.2 Å². The average molecular weight is 268 g/mol. The first-order valence-corrected chi connectivity index (χ1v) is 6.92. The van der Waals surface area contributed by atoms with Gasteiger partial charge in [0.2, 0.25) is 0 Å². The number of aliphatic hydroxyl groups is 1. The lowest BCUT2D eigenvalue weighted by molar-refractivity contribution is -0.162. The molecule has 3 rings (SSSR count). The number of hydrogen-bond acceptors (Lipinski definition) is 5. The topological polar surface area (TPSA) is 72.8 Å². The van der Waals surface area contributed by atoms with E-state index in [2.05, 4.69) is 0 Å². The van der Waals surface area contributed by atoms with Crippen LogP contribution in [-0.4, -0.2) is 37.4 Å². The van der Waals surface area contributed by atoms with Crippen LogP contribution in [0.3, 0.4) is 0 Å². The zero-order valence-electron chi connectivity index (χ0n) is 11.2. The second kappa shape index (κ2) is 4.47. The van der Waals surface area contributed by atoms with Crippen molar-refractivity contribution in [3.63, 3.8) is 0 Å². The minimum absolute atomic E-state index is 0.170. The predicted molar refractivity (Wildman–Crippen MR) is 64.8 cm³/mol. The van der Waals surface area contributed by atoms with E-state index in [0.717, 1.165) is 19.3 Å². The molecule has 0 heterocycles. The standard InChI is InChI=1S/C14H20O5/c1-18-13(16)11-9-5-10(12(11)14(17)19-2)8-4-6(15)3-7(8)9/h6-12,15H,3-5H2,1-2H3. The fourth-order valence-electron chi connectivity index (χ4n) is 5.00. The van der Waals surface area contributed by atoms with Gasteiger partial charge in [-0.1, -0.05) is 0 Å². The molecule has 3 aliphatic carbocycles. The van der Waals surface area contributed by atoms with Crippen LogP contribution in [0.4, 0.5) is 0 Å². The molecule has 3 aliphatic rings. The van der Waals surface area contributed by atoms with Gasteiger partial charge in [0.1, 0.15) is 0 Å². The van der Waals surface area contributed by atoms with Crippen LogP contribution >= 0.6 is 0 Å². The lowest BCUT2D eigenvalue weighted by Gasteiger charge is -2.34. The molecule has 19 heavy (non-hydrogen) atoms. The third kappa shape index (κ3) is 1.71. The molecule has 3 fully saturated rings. The van der Waals surface area contributed by atoms with Crippen LogP contribution in [0.2, 0.25) is 0 Å². The highest BCUT2D eigenvalue weighted by atomic mass is 16.5. The number of carbonyl (C=O) groups is 2. The van der Waals surface area contributed by atoms with E-state index in [4.69, 9.17) is 9.47 Å². The van der Waals surface area contributed by atoms with Crippen LogP contribution in [-0.2, 0) is 19.1 Å². The van der Waals surface area contributed by atoms with Crippen LogP contribution < -0.4 is 0 Å². The Kier molecular flexibility index (Phi) is 3.04. The Morgan fingerprint density at radius 3 is 1.63 bits per heavy atom. The third-order valence-electron chi connectivity index (χ3n) is 5.54. The van der Waals surface area contributed by atoms with Gasteiger partial charge < -0.3 is 14.6 Å². The maximum atomic E-state index is 12.0. The zero-order chi connectivity index (χ0) is 13.7. The summed E-state index contributed by atoms with van der Waals surface area (Å²) in [7, 11) is 2.73. The molecule has 0 amide bonds. The van der Waals surface area contributed by atoms with E-state index in [9.17, 15) is 14.7 Å². The number of methoxy groups -OCH3 is 2. The SMILES string of the molecule is COC(=O)C1C2CC(C3CC(O)CC32)C1C(=O)OC. The molecule has 5 nitrogen and oxygen atoms in total. The summed E-state index contributed by atoms with van der Waals surface area (Å²) in [4.78, 5) is 24.0. The first-order valence-electron chi connectivity index (χ1n) is 6.92. The van der Waals surface area contributed by atoms with Crippen molar-refractivity contribution in [3.8, 4) is 0 Å². The van der Waals surface area contributed by atoms with E-state index >= 15 is 0 Å². The van der Waals surface area contributed by atoms with Gasteiger partial charge in [-0.15, -0.1) is 0 Å². The van der Waals surface area contributed by atoms with Crippen LogP contribution in [0.5, 0.6) is 0 Å². The van der Waals surface area contributed by atoms with Gasteiger partial charge in [0.05, 0.1) is 32.2 Å². The molecule has 0 aromatic carbocycles. The Hall–Kier alpha value is -1.10. The Morgan fingerprint density at radius 1 is 0.842 bits per heavy atom. The van der Waals surface area contributed by atoms with E-state index in [1.807, 2.05) is 0 Å². The Morgan fingerprint density at radius 2 is 1.26 bits per heavy atom. The van der Waals surface area contributed by atoms with Gasteiger partial charge in [-0.3, -0.25) is 9.59 Å². The molecule has 6 unspecified atom stereocenters. The fourth-order valence-corrected chi connectivity index (χ4v) is 5.00. The number of carbonyl (C=O) groups excluding carboxylic acids is 2. The minimum Gasteiger partial charge on any atom is -0.469 e. The summed E-state index contributed by atoms with van der Waals surface area (Å²) in [6.45, 7) is 0. The minimum atomic E-state index is -0.381. The number of aliphatic hydroxyl groups excluding tert-OH is 1. The molecule has 0 saturated heterocycles. The van der Waals surface area contributed by atoms with Crippen molar-refractivity contribution in [3.05, 3.63) is 0 Å². The monoisotopic (exact) mass is 268 g/mol. The first-order chi connectivity index (χ1) is 9.08. The normalized spacial score (nSPS) is 47.0. The molecular weight excluding hydrogens is 248 g/mol. The molecule has 6 atom stereocenters. The molecule has 0 spiro atoms. The van der Waals surface area contributed by atoms with Crippen molar-refractivity contribution in [1.82, 2.24) is 0 Å². The summed E-state index contributed by atoms with van der Waals surface area (Å²) in [5.41, 5.74) is 0. The zero-order valence-corrected chi connectivity index (χ0v) is 11.2. The van der Waals surface area contributed by atoms with E-state index in [0.29, 0.717) is 11.8 Å². The van der Waals surface area contributed by atoms with E-state index < -0.39 is 0 Å². The number of rotatable bonds is 2. The highest BCUT2D eigenvalue weighted by molar-refractivity contribution is 5.83. The van der Waals surface area contributed by atoms with Gasteiger partial charge in [0.15, 0.2) is 0 Å². The molecule has 2 bridgehead atoms. The van der Waals surface area contributed by atoms with Gasteiger partial charge >= 0.3 is 11.9 Å². The molecule has 1 N–H and O–H groups in total. The molecule has 106 valence electrons. The van der Waals surface area contributed by atoms with E-state index in [1.165, 1.54) is 14.2 Å². The van der Waals surface area contributed by atoms with Crippen molar-refractivity contribution in [2.24, 2.45) is 35.5 Å². The summed E-state index contributed by atoms with van der Waals surface area (Å²) in [6, 6.07) is 0. The Balaban J connectivity index is 1.91. The second-order valence-electron chi connectivity index (χ2n) is 6.11. The van der Waals surface area contributed by atoms with Crippen LogP contribution in [0.1, 0.15) is 19.3 Å². The first kappa shape index (κ1) is 12.9. The van der Waals surface area contributed by atoms with Crippen molar-refractivity contribution < 1.29 is 24.2 Å². The lowest BCUT2D eigenvalue weighted by Crippen LogP contribution is -2.41. The second-order valence-corrected chi connectivity index (χ2v) is 6.11. The van der Waals surface area contributed by atoms with Crippen molar-refractivity contribution in [2.45, 2.75) is 25.4 Å². The molecule has 5 heteroatoms. The molecule has 0 radical (unpaired) electrons. The Labute approximate surface area is 112 Å². The molecule has 0 aliphatic heterocycles. The number of hydrogen-bond donors (Lipinski definition) is 1. The summed E-state index contributed by atoms with van der Waals surface area (Å²) in [5, 5.41) is 9.83. The largest absolute Gasteiger partial charge is 0.469 e. The highest BCUT2D eigenvalue weighted by Gasteiger charge is 2.64. The van der Waals surface area contributed by atoms with Crippen LogP contribution in [0.25, 0.3) is 0 Å². The maximum absolute atomic E-state index is 12.0. The maximum Gasteiger partial charge on any atom is 0.309 e. The van der Waals surface area contributed by atoms with Crippen molar-refractivity contribution >= 4 is 11.9 Å². The van der Waals surface area contributed by atoms with Crippen LogP contribution in [0, 0.1) is 35.5 Å². The molecule has 0 aromatic heterocycles. The van der Waals surface area contributed by atoms with E-state index in [1.54, 1.807) is 0 Å². The number of esters is 2. The van der Waals surface area contributed by atoms with Gasteiger partial charge in [-0.2, -0.15) is 0 Å². The average Bonchev–Trinajstić information content (AvgIpc) is 3.04. The summed E-state index contributed by atoms with van der Waals surface area (Å²) >= 11 is 0. The predicted octanol–water partition coefficient (Wildman–Crippen LogP) is 0.602. The summed E-state index contributed by atoms with van der Waals surface area (Å²) in [6.07, 6.45) is 2.12. The Bertz CT molecular complexity index is 371. The fraction of sp³-hybridized carbons (Fsp3) is 0.857. The highest BCUT2D eigenvalue weighted by Crippen LogP contribution is 2.63. The summed E-state index contributed by atoms with van der Waals surface area (Å²) in [5.74, 6) is -0.295. The number of ether oxygens (including phenoxy) is 2. The summed E-state index contributed by atoms with van der Waals surface area (Å²) < 4.78 is 9.76. The lowest BCUT2D eigenvalue weighted by atomic mass is 9.69. The van der Waals surface area contributed by atoms with Gasteiger partial charge in [-0.05, 0) is 42.9 Å². The smallest absolute Gasteiger partial charge is 0.309 e. The van der Waals surface area contributed by atoms with Gasteiger partial charge in [0, 0.05) is 0 Å². The quantitative estimate of drug-likeness (QED) is 0.743. The molecule has 3 saturated carbocycles. The molecule has 0 aromatic rings. The van der Waals surface area contributed by atoms with Crippen molar-refractivity contribution in [1.29, 1.82) is 0 Å². The molecular formula is C14H20O5.